The van der Waals surface area contributed by atoms with E-state index >= 15 is 0 Å². The van der Waals surface area contributed by atoms with E-state index in [0.29, 0.717) is 0 Å². The Hall–Kier alpha value is -1.62. The molecule has 1 aliphatic heterocycles. The van der Waals surface area contributed by atoms with Crippen molar-refractivity contribution in [3.05, 3.63) is 28.0 Å². The van der Waals surface area contributed by atoms with Crippen LogP contribution in [0.5, 0.6) is 0 Å². The molecule has 2 heterocycles. The lowest BCUT2D eigenvalue weighted by Gasteiger charge is -2.32. The van der Waals surface area contributed by atoms with Gasteiger partial charge in [0.05, 0.1) is 0 Å². The maximum atomic E-state index is 11.9. The number of aromatic nitrogens is 1. The standard InChI is InChI=1S/C12H18N4O/c1-7(2)16-10(17)6-5-9-8(3)14-12(4,13)15-11(9)16/h5-7,15H,13H2,1-4H3/t12-/m1/s1. The SMILES string of the molecule is CC1=N[C@@](C)(N)Nc2c1ccc(=O)n2C(C)C. The first-order chi connectivity index (χ1) is 7.82. The molecule has 0 radical (unpaired) electrons. The van der Waals surface area contributed by atoms with Crippen molar-refractivity contribution in [3.8, 4) is 0 Å². The van der Waals surface area contributed by atoms with E-state index in [9.17, 15) is 4.79 Å². The largest absolute Gasteiger partial charge is 0.335 e. The molecular formula is C12H18N4O. The highest BCUT2D eigenvalue weighted by atomic mass is 16.1. The molecule has 0 unspecified atom stereocenters. The van der Waals surface area contributed by atoms with Gasteiger partial charge in [0.25, 0.3) is 5.56 Å². The number of anilines is 1. The lowest BCUT2D eigenvalue weighted by molar-refractivity contribution is 0.525. The Morgan fingerprint density at radius 3 is 2.71 bits per heavy atom. The van der Waals surface area contributed by atoms with Gasteiger partial charge in [-0.1, -0.05) is 0 Å². The lowest BCUT2D eigenvalue weighted by atomic mass is 10.1. The number of fused-ring (bicyclic) bond motifs is 1. The quantitative estimate of drug-likeness (QED) is 0.769. The molecule has 2 rings (SSSR count). The highest BCUT2D eigenvalue weighted by Crippen LogP contribution is 2.25. The molecule has 0 saturated carbocycles. The summed E-state index contributed by atoms with van der Waals surface area (Å²) in [5.74, 6) is -0.105. The summed E-state index contributed by atoms with van der Waals surface area (Å²) < 4.78 is 1.71. The van der Waals surface area contributed by atoms with E-state index < -0.39 is 5.79 Å². The molecule has 0 bridgehead atoms. The van der Waals surface area contributed by atoms with Crippen molar-refractivity contribution < 1.29 is 0 Å². The third-order valence-electron chi connectivity index (χ3n) is 2.80. The van der Waals surface area contributed by atoms with Gasteiger partial charge in [-0.25, -0.2) is 4.99 Å². The lowest BCUT2D eigenvalue weighted by Crippen LogP contribution is -2.48. The predicted octanol–water partition coefficient (Wildman–Crippen LogP) is 1.30. The van der Waals surface area contributed by atoms with Crippen molar-refractivity contribution in [2.24, 2.45) is 10.7 Å². The average molecular weight is 234 g/mol. The van der Waals surface area contributed by atoms with Crippen molar-refractivity contribution in [2.45, 2.75) is 39.5 Å². The normalized spacial score (nSPS) is 23.1. The molecule has 3 N–H and O–H groups in total. The van der Waals surface area contributed by atoms with Gasteiger partial charge in [0.15, 0.2) is 5.79 Å². The Morgan fingerprint density at radius 1 is 1.47 bits per heavy atom. The van der Waals surface area contributed by atoms with Gasteiger partial charge in [-0.3, -0.25) is 15.1 Å². The van der Waals surface area contributed by atoms with Crippen LogP contribution in [0.3, 0.4) is 0 Å². The zero-order valence-electron chi connectivity index (χ0n) is 10.6. The number of pyridine rings is 1. The van der Waals surface area contributed by atoms with Crippen molar-refractivity contribution in [3.63, 3.8) is 0 Å². The van der Waals surface area contributed by atoms with Crippen LogP contribution in [0.2, 0.25) is 0 Å². The molecular weight excluding hydrogens is 216 g/mol. The van der Waals surface area contributed by atoms with Gasteiger partial charge in [0, 0.05) is 23.4 Å². The van der Waals surface area contributed by atoms with Crippen molar-refractivity contribution in [1.82, 2.24) is 4.57 Å². The van der Waals surface area contributed by atoms with Crippen LogP contribution in [-0.4, -0.2) is 16.1 Å². The smallest absolute Gasteiger partial charge is 0.252 e. The third-order valence-corrected chi connectivity index (χ3v) is 2.80. The molecule has 0 aromatic carbocycles. The highest BCUT2D eigenvalue weighted by molar-refractivity contribution is 6.04. The number of hydrogen-bond donors (Lipinski definition) is 2. The van der Waals surface area contributed by atoms with Crippen LogP contribution in [0.4, 0.5) is 5.82 Å². The molecule has 1 aliphatic rings. The summed E-state index contributed by atoms with van der Waals surface area (Å²) in [6.07, 6.45) is 0. The Kier molecular flexibility index (Phi) is 2.58. The summed E-state index contributed by atoms with van der Waals surface area (Å²) in [6, 6.07) is 3.43. The van der Waals surface area contributed by atoms with Crippen LogP contribution in [0.15, 0.2) is 21.9 Å². The van der Waals surface area contributed by atoms with Crippen molar-refractivity contribution in [2.75, 3.05) is 5.32 Å². The van der Waals surface area contributed by atoms with E-state index in [1.165, 1.54) is 0 Å². The molecule has 1 aromatic rings. The van der Waals surface area contributed by atoms with Gasteiger partial charge in [-0.15, -0.1) is 0 Å². The fraction of sp³-hybridized carbons (Fsp3) is 0.500. The van der Waals surface area contributed by atoms with E-state index in [1.54, 1.807) is 23.6 Å². The fourth-order valence-electron chi connectivity index (χ4n) is 2.16. The second-order valence-corrected chi connectivity index (χ2v) is 4.87. The first-order valence-corrected chi connectivity index (χ1v) is 5.71. The first kappa shape index (κ1) is 11.9. The van der Waals surface area contributed by atoms with Crippen LogP contribution in [-0.2, 0) is 0 Å². The van der Waals surface area contributed by atoms with Gasteiger partial charge < -0.3 is 5.32 Å². The number of hydrogen-bond acceptors (Lipinski definition) is 4. The molecule has 92 valence electrons. The van der Waals surface area contributed by atoms with Gasteiger partial charge in [0.2, 0.25) is 0 Å². The zero-order valence-corrected chi connectivity index (χ0v) is 10.6. The molecule has 17 heavy (non-hydrogen) atoms. The van der Waals surface area contributed by atoms with Crippen LogP contribution >= 0.6 is 0 Å². The molecule has 0 spiro atoms. The Bertz CT molecular complexity index is 540. The Morgan fingerprint density at radius 2 is 2.12 bits per heavy atom. The topological polar surface area (TPSA) is 72.4 Å². The second-order valence-electron chi connectivity index (χ2n) is 4.87. The first-order valence-electron chi connectivity index (χ1n) is 5.71. The van der Waals surface area contributed by atoms with Crippen molar-refractivity contribution in [1.29, 1.82) is 0 Å². The molecule has 5 heteroatoms. The number of aliphatic imine (C=N–C) groups is 1. The summed E-state index contributed by atoms with van der Waals surface area (Å²) in [4.78, 5) is 16.2. The second kappa shape index (κ2) is 3.70. The molecule has 1 atom stereocenters. The zero-order chi connectivity index (χ0) is 12.8. The monoisotopic (exact) mass is 234 g/mol. The van der Waals surface area contributed by atoms with Crippen LogP contribution in [0, 0.1) is 0 Å². The van der Waals surface area contributed by atoms with E-state index in [-0.39, 0.29) is 11.6 Å². The van der Waals surface area contributed by atoms with Crippen LogP contribution < -0.4 is 16.6 Å². The summed E-state index contributed by atoms with van der Waals surface area (Å²) in [5, 5.41) is 3.11. The van der Waals surface area contributed by atoms with E-state index in [2.05, 4.69) is 10.3 Å². The maximum Gasteiger partial charge on any atom is 0.252 e. The van der Waals surface area contributed by atoms with E-state index in [4.69, 9.17) is 5.73 Å². The molecule has 5 nitrogen and oxygen atoms in total. The summed E-state index contributed by atoms with van der Waals surface area (Å²) in [6.45, 7) is 7.62. The van der Waals surface area contributed by atoms with Crippen LogP contribution in [0.1, 0.15) is 39.3 Å². The molecule has 1 aromatic heterocycles. The summed E-state index contributed by atoms with van der Waals surface area (Å²) in [5.41, 5.74) is 7.73. The molecule has 0 aliphatic carbocycles. The molecule has 0 saturated heterocycles. The Balaban J connectivity index is 2.73. The summed E-state index contributed by atoms with van der Waals surface area (Å²) in [7, 11) is 0. The summed E-state index contributed by atoms with van der Waals surface area (Å²) >= 11 is 0. The number of rotatable bonds is 1. The maximum absolute atomic E-state index is 11.9. The minimum Gasteiger partial charge on any atom is -0.335 e. The van der Waals surface area contributed by atoms with E-state index in [1.807, 2.05) is 20.8 Å². The number of nitrogens with one attached hydrogen (secondary N) is 1. The third kappa shape index (κ3) is 1.98. The molecule has 0 amide bonds. The predicted molar refractivity (Wildman–Crippen MR) is 69.5 cm³/mol. The molecule has 0 fully saturated rings. The minimum absolute atomic E-state index is 0.0308. The number of nitrogens with two attached hydrogens (primary N) is 1. The Labute approximate surface area is 100 Å². The van der Waals surface area contributed by atoms with Crippen LogP contribution in [0.25, 0.3) is 0 Å². The van der Waals surface area contributed by atoms with Gasteiger partial charge >= 0.3 is 0 Å². The average Bonchev–Trinajstić information content (AvgIpc) is 2.13. The minimum atomic E-state index is -0.860. The van der Waals surface area contributed by atoms with E-state index in [0.717, 1.165) is 17.1 Å². The highest BCUT2D eigenvalue weighted by Gasteiger charge is 2.27. The number of nitrogens with zero attached hydrogens (tertiary/aromatic N) is 2. The van der Waals surface area contributed by atoms with Crippen molar-refractivity contribution >= 4 is 11.5 Å². The fourth-order valence-corrected chi connectivity index (χ4v) is 2.16. The van der Waals surface area contributed by atoms with Gasteiger partial charge in [-0.2, -0.15) is 0 Å². The van der Waals surface area contributed by atoms with Gasteiger partial charge in [0.1, 0.15) is 5.82 Å². The van der Waals surface area contributed by atoms with Gasteiger partial charge in [-0.05, 0) is 33.8 Å².